The Balaban J connectivity index is 2.32. The SMILES string of the molecule is COc1ccc(C(COC(C)=O)Nc2ccc(C#N)cc2)cc1C(C)O. The molecule has 2 aromatic rings. The Hall–Kier alpha value is -3.04. The maximum absolute atomic E-state index is 11.2. The molecule has 6 heteroatoms. The number of hydrogen-bond acceptors (Lipinski definition) is 6. The molecule has 2 rings (SSSR count). The van der Waals surface area contributed by atoms with Gasteiger partial charge in [-0.25, -0.2) is 0 Å². The van der Waals surface area contributed by atoms with Crippen LogP contribution in [-0.2, 0) is 9.53 Å². The number of aliphatic hydroxyl groups is 1. The lowest BCUT2D eigenvalue weighted by Crippen LogP contribution is -2.19. The van der Waals surface area contributed by atoms with Gasteiger partial charge in [0.15, 0.2) is 0 Å². The summed E-state index contributed by atoms with van der Waals surface area (Å²) in [4.78, 5) is 11.2. The number of esters is 1. The van der Waals surface area contributed by atoms with E-state index >= 15 is 0 Å². The van der Waals surface area contributed by atoms with Crippen LogP contribution in [0.5, 0.6) is 5.75 Å². The van der Waals surface area contributed by atoms with Crippen LogP contribution in [0.1, 0.15) is 42.7 Å². The number of aliphatic hydroxyl groups excluding tert-OH is 1. The molecule has 0 spiro atoms. The molecular formula is C20H22N2O4. The summed E-state index contributed by atoms with van der Waals surface area (Å²) in [7, 11) is 1.55. The summed E-state index contributed by atoms with van der Waals surface area (Å²) in [5.74, 6) is 0.217. The Morgan fingerprint density at radius 3 is 2.50 bits per heavy atom. The van der Waals surface area contributed by atoms with Crippen LogP contribution < -0.4 is 10.1 Å². The van der Waals surface area contributed by atoms with Crippen molar-refractivity contribution in [3.05, 3.63) is 59.2 Å². The Kier molecular flexibility index (Phi) is 6.59. The fourth-order valence-electron chi connectivity index (χ4n) is 2.56. The number of anilines is 1. The molecule has 0 aliphatic rings. The lowest BCUT2D eigenvalue weighted by atomic mass is 10.0. The zero-order chi connectivity index (χ0) is 19.1. The van der Waals surface area contributed by atoms with Crippen LogP contribution in [-0.4, -0.2) is 24.8 Å². The van der Waals surface area contributed by atoms with Crippen molar-refractivity contribution in [2.24, 2.45) is 0 Å². The fourth-order valence-corrected chi connectivity index (χ4v) is 2.56. The number of nitrogens with zero attached hydrogens (tertiary/aromatic N) is 1. The molecule has 0 fully saturated rings. The molecule has 2 aromatic carbocycles. The minimum atomic E-state index is -0.700. The number of nitrogens with one attached hydrogen (secondary N) is 1. The molecule has 0 saturated carbocycles. The Labute approximate surface area is 153 Å². The predicted octanol–water partition coefficient (Wildman–Crippen LogP) is 3.34. The number of carbonyl (C=O) groups excluding carboxylic acids is 1. The molecule has 0 bridgehead atoms. The van der Waals surface area contributed by atoms with E-state index in [0.717, 1.165) is 11.3 Å². The van der Waals surface area contributed by atoms with Crippen LogP contribution in [0, 0.1) is 11.3 Å². The molecular weight excluding hydrogens is 332 g/mol. The van der Waals surface area contributed by atoms with Gasteiger partial charge in [0.25, 0.3) is 0 Å². The highest BCUT2D eigenvalue weighted by Gasteiger charge is 2.17. The van der Waals surface area contributed by atoms with Gasteiger partial charge in [-0.05, 0) is 48.9 Å². The van der Waals surface area contributed by atoms with Crippen LogP contribution in [0.3, 0.4) is 0 Å². The summed E-state index contributed by atoms with van der Waals surface area (Å²) in [6.07, 6.45) is -0.700. The number of benzene rings is 2. The highest BCUT2D eigenvalue weighted by Crippen LogP contribution is 2.30. The highest BCUT2D eigenvalue weighted by molar-refractivity contribution is 5.66. The normalized spacial score (nSPS) is 12.6. The Morgan fingerprint density at radius 2 is 1.96 bits per heavy atom. The molecule has 0 heterocycles. The summed E-state index contributed by atoms with van der Waals surface area (Å²) in [6.45, 7) is 3.14. The quantitative estimate of drug-likeness (QED) is 0.741. The maximum Gasteiger partial charge on any atom is 0.302 e. The number of carbonyl (C=O) groups is 1. The van der Waals surface area contributed by atoms with E-state index in [4.69, 9.17) is 14.7 Å². The first-order valence-corrected chi connectivity index (χ1v) is 8.20. The summed E-state index contributed by atoms with van der Waals surface area (Å²) >= 11 is 0. The first kappa shape index (κ1) is 19.3. The standard InChI is InChI=1S/C20H22N2O4/c1-13(23)18-10-16(6-9-20(18)25-3)19(12-26-14(2)24)22-17-7-4-15(11-21)5-8-17/h4-10,13,19,22-23H,12H2,1-3H3. The van der Waals surface area contributed by atoms with Crippen molar-refractivity contribution in [2.45, 2.75) is 26.0 Å². The molecule has 0 aliphatic carbocycles. The van der Waals surface area contributed by atoms with Gasteiger partial charge in [0.2, 0.25) is 0 Å². The van der Waals surface area contributed by atoms with Gasteiger partial charge in [-0.15, -0.1) is 0 Å². The second-order valence-electron chi connectivity index (χ2n) is 5.87. The Morgan fingerprint density at radius 1 is 1.27 bits per heavy atom. The van der Waals surface area contributed by atoms with Crippen molar-refractivity contribution in [2.75, 3.05) is 19.0 Å². The van der Waals surface area contributed by atoms with E-state index in [1.54, 1.807) is 44.4 Å². The average molecular weight is 354 g/mol. The van der Waals surface area contributed by atoms with Crippen LogP contribution in [0.2, 0.25) is 0 Å². The first-order valence-electron chi connectivity index (χ1n) is 8.20. The van der Waals surface area contributed by atoms with Crippen LogP contribution in [0.4, 0.5) is 5.69 Å². The number of nitriles is 1. The van der Waals surface area contributed by atoms with Crippen molar-refractivity contribution in [1.29, 1.82) is 5.26 Å². The predicted molar refractivity (Wildman–Crippen MR) is 97.8 cm³/mol. The topological polar surface area (TPSA) is 91.6 Å². The van der Waals surface area contributed by atoms with Gasteiger partial charge >= 0.3 is 5.97 Å². The third-order valence-electron chi connectivity index (χ3n) is 3.91. The molecule has 2 atom stereocenters. The second kappa shape index (κ2) is 8.88. The van der Waals surface area contributed by atoms with E-state index in [9.17, 15) is 9.90 Å². The first-order chi connectivity index (χ1) is 12.4. The molecule has 26 heavy (non-hydrogen) atoms. The summed E-state index contributed by atoms with van der Waals surface area (Å²) in [6, 6.07) is 14.2. The van der Waals surface area contributed by atoms with Crippen molar-refractivity contribution in [1.82, 2.24) is 0 Å². The number of hydrogen-bond donors (Lipinski definition) is 2. The average Bonchev–Trinajstić information content (AvgIpc) is 2.64. The number of rotatable bonds is 7. The van der Waals surface area contributed by atoms with Crippen molar-refractivity contribution in [3.63, 3.8) is 0 Å². The lowest BCUT2D eigenvalue weighted by Gasteiger charge is -2.22. The minimum Gasteiger partial charge on any atom is -0.496 e. The minimum absolute atomic E-state index is 0.126. The van der Waals surface area contributed by atoms with Crippen LogP contribution in [0.25, 0.3) is 0 Å². The third-order valence-corrected chi connectivity index (χ3v) is 3.91. The van der Waals surface area contributed by atoms with Crippen LogP contribution >= 0.6 is 0 Å². The molecule has 0 amide bonds. The summed E-state index contributed by atoms with van der Waals surface area (Å²) < 4.78 is 10.5. The van der Waals surface area contributed by atoms with Gasteiger partial charge in [0.1, 0.15) is 12.4 Å². The molecule has 0 saturated heterocycles. The van der Waals surface area contributed by atoms with Gasteiger partial charge in [-0.2, -0.15) is 5.26 Å². The maximum atomic E-state index is 11.2. The molecule has 0 aliphatic heterocycles. The molecule has 0 radical (unpaired) electrons. The Bertz CT molecular complexity index is 794. The summed E-state index contributed by atoms with van der Waals surface area (Å²) in [5, 5.41) is 22.2. The number of methoxy groups -OCH3 is 1. The molecule has 6 nitrogen and oxygen atoms in total. The molecule has 0 aromatic heterocycles. The van der Waals surface area contributed by atoms with E-state index in [0.29, 0.717) is 16.9 Å². The molecule has 2 N–H and O–H groups in total. The van der Waals surface area contributed by atoms with Gasteiger partial charge < -0.3 is 19.9 Å². The van der Waals surface area contributed by atoms with Crippen molar-refractivity contribution >= 4 is 11.7 Å². The van der Waals surface area contributed by atoms with Gasteiger partial charge in [-0.3, -0.25) is 4.79 Å². The van der Waals surface area contributed by atoms with Crippen molar-refractivity contribution < 1.29 is 19.4 Å². The van der Waals surface area contributed by atoms with E-state index in [1.807, 2.05) is 12.1 Å². The third kappa shape index (κ3) is 4.98. The number of ether oxygens (including phenoxy) is 2. The van der Waals surface area contributed by atoms with Crippen molar-refractivity contribution in [3.8, 4) is 11.8 Å². The van der Waals surface area contributed by atoms with E-state index < -0.39 is 6.10 Å². The molecule has 136 valence electrons. The zero-order valence-corrected chi connectivity index (χ0v) is 15.0. The van der Waals surface area contributed by atoms with Gasteiger partial charge in [0, 0.05) is 18.2 Å². The monoisotopic (exact) mass is 354 g/mol. The second-order valence-corrected chi connectivity index (χ2v) is 5.87. The molecule has 2 unspecified atom stereocenters. The van der Waals surface area contributed by atoms with Gasteiger partial charge in [0.05, 0.1) is 30.9 Å². The van der Waals surface area contributed by atoms with E-state index in [2.05, 4.69) is 11.4 Å². The largest absolute Gasteiger partial charge is 0.496 e. The zero-order valence-electron chi connectivity index (χ0n) is 15.0. The smallest absolute Gasteiger partial charge is 0.302 e. The van der Waals surface area contributed by atoms with Crippen LogP contribution in [0.15, 0.2) is 42.5 Å². The fraction of sp³-hybridized carbons (Fsp3) is 0.300. The van der Waals surface area contributed by atoms with Gasteiger partial charge in [-0.1, -0.05) is 6.07 Å². The lowest BCUT2D eigenvalue weighted by molar-refractivity contribution is -0.141. The highest BCUT2D eigenvalue weighted by atomic mass is 16.5. The van der Waals surface area contributed by atoms with E-state index in [-0.39, 0.29) is 18.6 Å². The van der Waals surface area contributed by atoms with E-state index in [1.165, 1.54) is 6.92 Å². The summed E-state index contributed by atoms with van der Waals surface area (Å²) in [5.41, 5.74) is 2.84.